The zero-order chi connectivity index (χ0) is 89.5. The highest BCUT2D eigenvalue weighted by Gasteiger charge is 2.37. The predicted molar refractivity (Wildman–Crippen MR) is 475 cm³/mol. The SMILES string of the molecule is CC(C)CCN(CC(=O)N(CC(=O)N(CCCCN)CC(=O)N(CCC(C)C)CC(=O)N(CC(=O)N(CCCCN)CC(=O)N(CCC(C)C)CC(=O)N(CC(=O)N(CCCCN)CC(=O)N(CCC(C)C)CC(=O)N(CC(N)=O)[C@@H](C)c1ccccc1)[C@H](C)c1ccccc1)[C@H](C)c1ccccc1)[C@H](C)c1ccccc1)C(=O)CNCCCCN. The van der Waals surface area contributed by atoms with Crippen molar-refractivity contribution in [3.8, 4) is 0 Å². The molecule has 12 amide bonds. The molecule has 4 aromatic rings. The van der Waals surface area contributed by atoms with Crippen molar-refractivity contribution in [2.24, 2.45) is 52.3 Å². The number of hydrogen-bond acceptors (Lipinski definition) is 17. The number of nitrogens with one attached hydrogen (secondary N) is 1. The van der Waals surface area contributed by atoms with E-state index in [1.165, 1.54) is 53.9 Å². The second kappa shape index (κ2) is 56.8. The molecule has 0 heterocycles. The van der Waals surface area contributed by atoms with E-state index in [0.717, 1.165) is 24.0 Å². The standard InChI is InChI=1S/C92H147N17O12/c1-69(2)41-53-102(82(111)57-98-49-29-25-45-93)62-90(119)107(74(10)78-35-19-14-20-36-78)66-86(115)100(51-31-27-47-95)60-84(113)104(55-43-71(5)6)64-92(121)109(76(12)80-39-23-16-24-40-80)68-88(117)101(52-32-28-48-96)61-85(114)105(56-44-72(7)8)65-91(120)108(75(11)79-37-21-15-22-38-79)67-87(116)99(50-30-26-46-94)59-83(112)103(54-42-70(3)4)63-89(118)106(58-81(97)110)73(9)77-33-17-13-18-34-77/h13-24,33-40,69-76,98H,25-32,41-68,93-96H2,1-12H3,(H2,97,110)/t73-,74+,75+,76+/m0/s1. The molecule has 11 N–H and O–H groups in total. The average molecular weight is 1680 g/mol. The molecule has 4 rings (SSSR count). The zero-order valence-electron chi connectivity index (χ0n) is 74.8. The van der Waals surface area contributed by atoms with Crippen LogP contribution < -0.4 is 34.0 Å². The van der Waals surface area contributed by atoms with Gasteiger partial charge in [-0.1, -0.05) is 177 Å². The van der Waals surface area contributed by atoms with Crippen LogP contribution in [0.5, 0.6) is 0 Å². The third kappa shape index (κ3) is 38.1. The van der Waals surface area contributed by atoms with Gasteiger partial charge in [-0.2, -0.15) is 0 Å². The van der Waals surface area contributed by atoms with E-state index in [4.69, 9.17) is 28.7 Å². The molecule has 0 aliphatic heterocycles. The van der Waals surface area contributed by atoms with Crippen molar-refractivity contribution in [3.63, 3.8) is 0 Å². The Labute approximate surface area is 721 Å². The van der Waals surface area contributed by atoms with E-state index >= 15 is 33.6 Å². The summed E-state index contributed by atoms with van der Waals surface area (Å²) in [5.74, 6) is -6.18. The molecule has 0 spiro atoms. The summed E-state index contributed by atoms with van der Waals surface area (Å²) < 4.78 is 0. The molecule has 0 radical (unpaired) electrons. The number of amides is 12. The zero-order valence-corrected chi connectivity index (χ0v) is 74.8. The smallest absolute Gasteiger partial charge is 0.243 e. The molecule has 0 aliphatic carbocycles. The van der Waals surface area contributed by atoms with Gasteiger partial charge < -0.3 is 87.9 Å². The first-order valence-electron chi connectivity index (χ1n) is 43.9. The molecule has 0 aliphatic rings. The minimum atomic E-state index is -0.775. The largest absolute Gasteiger partial charge is 0.368 e. The summed E-state index contributed by atoms with van der Waals surface area (Å²) in [5, 5.41) is 3.19. The Morgan fingerprint density at radius 1 is 0.256 bits per heavy atom. The minimum Gasteiger partial charge on any atom is -0.368 e. The van der Waals surface area contributed by atoms with Gasteiger partial charge in [-0.25, -0.2) is 0 Å². The van der Waals surface area contributed by atoms with Crippen molar-refractivity contribution in [1.82, 2.24) is 59.2 Å². The fourth-order valence-corrected chi connectivity index (χ4v) is 13.9. The van der Waals surface area contributed by atoms with Crippen molar-refractivity contribution < 1.29 is 57.5 Å². The normalized spacial score (nSPS) is 12.3. The first-order chi connectivity index (χ1) is 57.7. The van der Waals surface area contributed by atoms with Gasteiger partial charge in [0.25, 0.3) is 0 Å². The summed E-state index contributed by atoms with van der Waals surface area (Å²) in [6.07, 6.45) is 6.26. The number of benzene rings is 4. The van der Waals surface area contributed by atoms with Crippen molar-refractivity contribution in [3.05, 3.63) is 144 Å². The predicted octanol–water partition coefficient (Wildman–Crippen LogP) is 7.36. The third-order valence-corrected chi connectivity index (χ3v) is 21.9. The summed E-state index contributed by atoms with van der Waals surface area (Å²) in [7, 11) is 0. The number of carbonyl (C=O) groups excluding carboxylic acids is 12. The fourth-order valence-electron chi connectivity index (χ4n) is 13.9. The van der Waals surface area contributed by atoms with Gasteiger partial charge in [-0.05, 0) is 183 Å². The molecule has 29 heteroatoms. The Bertz CT molecular complexity index is 3770. The van der Waals surface area contributed by atoms with E-state index < -0.39 is 155 Å². The Balaban J connectivity index is 1.75. The van der Waals surface area contributed by atoms with Crippen molar-refractivity contribution in [1.29, 1.82) is 0 Å². The van der Waals surface area contributed by atoms with Crippen LogP contribution in [-0.4, -0.2) is 282 Å². The topological polar surface area (TPSA) is 383 Å². The van der Waals surface area contributed by atoms with E-state index in [-0.39, 0.29) is 88.5 Å². The van der Waals surface area contributed by atoms with Crippen LogP contribution >= 0.6 is 0 Å². The molecule has 0 saturated heterocycles. The maximum atomic E-state index is 15.6. The molecule has 0 fully saturated rings. The molecule has 672 valence electrons. The molecular weight excluding hydrogens is 1540 g/mol. The van der Waals surface area contributed by atoms with Gasteiger partial charge in [0, 0.05) is 45.8 Å². The van der Waals surface area contributed by atoms with E-state index in [0.29, 0.717) is 108 Å². The van der Waals surface area contributed by atoms with Gasteiger partial charge in [0.15, 0.2) is 0 Å². The van der Waals surface area contributed by atoms with Crippen molar-refractivity contribution in [2.45, 2.75) is 184 Å². The van der Waals surface area contributed by atoms with E-state index in [2.05, 4.69) is 5.32 Å². The minimum absolute atomic E-state index is 0.00955. The number of nitrogens with zero attached hydrogens (tertiary/aromatic N) is 11. The number of primary amides is 1. The Morgan fingerprint density at radius 3 is 0.694 bits per heavy atom. The molecule has 29 nitrogen and oxygen atoms in total. The summed E-state index contributed by atoms with van der Waals surface area (Å²) in [4.78, 5) is 194. The number of nitrogens with two attached hydrogens (primary N) is 5. The molecule has 4 aromatic carbocycles. The summed E-state index contributed by atoms with van der Waals surface area (Å²) in [5.41, 5.74) is 32.4. The van der Waals surface area contributed by atoms with Crippen LogP contribution in [0.4, 0.5) is 0 Å². The van der Waals surface area contributed by atoms with Crippen LogP contribution in [0.2, 0.25) is 0 Å². The molecule has 0 unspecified atom stereocenters. The van der Waals surface area contributed by atoms with Gasteiger partial charge in [-0.15, -0.1) is 0 Å². The monoisotopic (exact) mass is 1680 g/mol. The molecule has 0 bridgehead atoms. The van der Waals surface area contributed by atoms with Crippen LogP contribution in [0, 0.1) is 23.7 Å². The Morgan fingerprint density at radius 2 is 0.463 bits per heavy atom. The lowest BCUT2D eigenvalue weighted by Crippen LogP contribution is -2.53. The molecule has 0 saturated carbocycles. The van der Waals surface area contributed by atoms with Crippen LogP contribution in [0.3, 0.4) is 0 Å². The molecule has 121 heavy (non-hydrogen) atoms. The van der Waals surface area contributed by atoms with Crippen LogP contribution in [-0.2, 0) is 57.5 Å². The number of carbonyl (C=O) groups is 12. The van der Waals surface area contributed by atoms with Gasteiger partial charge in [0.1, 0.15) is 19.6 Å². The summed E-state index contributed by atoms with van der Waals surface area (Å²) >= 11 is 0. The number of unbranched alkanes of at least 4 members (excludes halogenated alkanes) is 4. The third-order valence-electron chi connectivity index (χ3n) is 21.9. The lowest BCUT2D eigenvalue weighted by molar-refractivity contribution is -0.150. The van der Waals surface area contributed by atoms with Crippen LogP contribution in [0.25, 0.3) is 0 Å². The first-order valence-corrected chi connectivity index (χ1v) is 43.9. The van der Waals surface area contributed by atoms with E-state index in [9.17, 15) is 24.0 Å². The second-order valence-electron chi connectivity index (χ2n) is 33.5. The van der Waals surface area contributed by atoms with Gasteiger partial charge in [0.2, 0.25) is 70.9 Å². The highest BCUT2D eigenvalue weighted by atomic mass is 16.2. The molecule has 4 atom stereocenters. The van der Waals surface area contributed by atoms with Gasteiger partial charge in [0.05, 0.1) is 83.1 Å². The first kappa shape index (κ1) is 104. The van der Waals surface area contributed by atoms with Crippen LogP contribution in [0.15, 0.2) is 121 Å². The Hall–Kier alpha value is -9.68. The van der Waals surface area contributed by atoms with Crippen molar-refractivity contribution >= 4 is 70.9 Å². The fraction of sp³-hybridized carbons (Fsp3) is 0.609. The quantitative estimate of drug-likeness (QED) is 0.0235. The lowest BCUT2D eigenvalue weighted by atomic mass is 10.1. The highest BCUT2D eigenvalue weighted by Crippen LogP contribution is 2.27. The van der Waals surface area contributed by atoms with E-state index in [1.54, 1.807) is 20.8 Å². The molecular formula is C92H147N17O12. The highest BCUT2D eigenvalue weighted by molar-refractivity contribution is 5.95. The maximum Gasteiger partial charge on any atom is 0.243 e. The van der Waals surface area contributed by atoms with E-state index in [1.807, 2.05) is 184 Å². The lowest BCUT2D eigenvalue weighted by Gasteiger charge is -2.36. The average Bonchev–Trinajstić information content (AvgIpc) is 0.803. The molecule has 0 aromatic heterocycles. The maximum absolute atomic E-state index is 15.6. The number of hydrogen-bond donors (Lipinski definition) is 6. The van der Waals surface area contributed by atoms with Crippen LogP contribution in [0.1, 0.15) is 207 Å². The summed E-state index contributed by atoms with van der Waals surface area (Å²) in [6, 6.07) is 33.8. The summed E-state index contributed by atoms with van der Waals surface area (Å²) in [6.45, 7) is 20.8. The Kier molecular flexibility index (Phi) is 48.7. The second-order valence-corrected chi connectivity index (χ2v) is 33.5. The van der Waals surface area contributed by atoms with Crippen molar-refractivity contribution in [2.75, 3.05) is 157 Å². The van der Waals surface area contributed by atoms with Gasteiger partial charge in [-0.3, -0.25) is 57.5 Å². The number of rotatable bonds is 60. The van der Waals surface area contributed by atoms with Gasteiger partial charge >= 0.3 is 0 Å².